The van der Waals surface area contributed by atoms with Crippen molar-refractivity contribution in [3.05, 3.63) is 35.9 Å². The third-order valence-corrected chi connectivity index (χ3v) is 3.07. The number of nitrogens with zero attached hydrogens (tertiary/aromatic N) is 1. The molecule has 1 aromatic carbocycles. The molecule has 1 unspecified atom stereocenters. The molecule has 108 valence electrons. The summed E-state index contributed by atoms with van der Waals surface area (Å²) in [4.78, 5) is 15.9. The lowest BCUT2D eigenvalue weighted by molar-refractivity contribution is -0.204. The van der Waals surface area contributed by atoms with E-state index >= 15 is 0 Å². The predicted molar refractivity (Wildman–Crippen MR) is 77.5 cm³/mol. The zero-order chi connectivity index (χ0) is 14.8. The van der Waals surface area contributed by atoms with E-state index in [2.05, 4.69) is 4.99 Å². The Hall–Kier alpha value is -1.84. The number of carbonyl (C=O) groups is 1. The summed E-state index contributed by atoms with van der Waals surface area (Å²) < 4.78 is 11.2. The maximum Gasteiger partial charge on any atom is 0.305 e. The van der Waals surface area contributed by atoms with Crippen molar-refractivity contribution in [2.24, 2.45) is 4.99 Å². The minimum Gasteiger partial charge on any atom is -0.439 e. The van der Waals surface area contributed by atoms with Crippen LogP contribution >= 0.6 is 0 Å². The monoisotopic (exact) mass is 275 g/mol. The van der Waals surface area contributed by atoms with Crippen LogP contribution in [0.15, 0.2) is 35.3 Å². The van der Waals surface area contributed by atoms with E-state index in [-0.39, 0.29) is 11.5 Å². The van der Waals surface area contributed by atoms with Crippen LogP contribution in [0.1, 0.15) is 39.7 Å². The number of carbonyl (C=O) groups excluding carboxylic acids is 1. The van der Waals surface area contributed by atoms with Gasteiger partial charge in [-0.1, -0.05) is 30.3 Å². The van der Waals surface area contributed by atoms with Crippen LogP contribution in [-0.2, 0) is 20.7 Å². The van der Waals surface area contributed by atoms with E-state index < -0.39 is 5.79 Å². The van der Waals surface area contributed by atoms with Crippen LogP contribution in [0.5, 0.6) is 0 Å². The highest BCUT2D eigenvalue weighted by atomic mass is 16.7. The Balaban J connectivity index is 2.20. The molecule has 0 saturated carbocycles. The summed E-state index contributed by atoms with van der Waals surface area (Å²) >= 11 is 0. The molecule has 20 heavy (non-hydrogen) atoms. The Morgan fingerprint density at radius 3 is 2.55 bits per heavy atom. The highest BCUT2D eigenvalue weighted by Gasteiger charge is 2.42. The van der Waals surface area contributed by atoms with Crippen molar-refractivity contribution in [2.75, 3.05) is 0 Å². The molecule has 0 N–H and O–H groups in total. The number of ether oxygens (including phenoxy) is 2. The standard InChI is InChI=1S/C16H21NO3/c1-12(18)19-16(4)11-15(2,3)17-14(20-16)10-13-8-6-5-7-9-13/h5-9H,10-11H2,1-4H3. The molecule has 1 aliphatic rings. The first-order valence-electron chi connectivity index (χ1n) is 6.79. The Morgan fingerprint density at radius 2 is 1.95 bits per heavy atom. The maximum atomic E-state index is 11.3. The van der Waals surface area contributed by atoms with Crippen LogP contribution in [0.25, 0.3) is 0 Å². The summed E-state index contributed by atoms with van der Waals surface area (Å²) in [5.41, 5.74) is 0.807. The lowest BCUT2D eigenvalue weighted by Gasteiger charge is -2.39. The second-order valence-electron chi connectivity index (χ2n) is 5.99. The molecule has 1 atom stereocenters. The lowest BCUT2D eigenvalue weighted by atomic mass is 9.94. The van der Waals surface area contributed by atoms with Gasteiger partial charge in [-0.05, 0) is 19.4 Å². The molecule has 0 radical (unpaired) electrons. The van der Waals surface area contributed by atoms with Crippen LogP contribution in [0.4, 0.5) is 0 Å². The van der Waals surface area contributed by atoms with E-state index in [0.29, 0.717) is 18.7 Å². The van der Waals surface area contributed by atoms with E-state index in [0.717, 1.165) is 5.56 Å². The van der Waals surface area contributed by atoms with Crippen LogP contribution in [0, 0.1) is 0 Å². The molecule has 1 heterocycles. The van der Waals surface area contributed by atoms with Gasteiger partial charge in [0.1, 0.15) is 0 Å². The van der Waals surface area contributed by atoms with Gasteiger partial charge < -0.3 is 9.47 Å². The average Bonchev–Trinajstić information content (AvgIpc) is 2.25. The lowest BCUT2D eigenvalue weighted by Crippen LogP contribution is -2.47. The zero-order valence-corrected chi connectivity index (χ0v) is 12.5. The first-order valence-corrected chi connectivity index (χ1v) is 6.79. The zero-order valence-electron chi connectivity index (χ0n) is 12.5. The Labute approximate surface area is 119 Å². The third kappa shape index (κ3) is 3.83. The van der Waals surface area contributed by atoms with E-state index in [9.17, 15) is 4.79 Å². The topological polar surface area (TPSA) is 47.9 Å². The SMILES string of the molecule is CC(=O)OC1(C)CC(C)(C)N=C(Cc2ccccc2)O1. The molecular formula is C16H21NO3. The van der Waals surface area contributed by atoms with Crippen molar-refractivity contribution >= 4 is 11.9 Å². The molecule has 0 aromatic heterocycles. The molecule has 1 aliphatic heterocycles. The second kappa shape index (κ2) is 5.27. The number of esters is 1. The third-order valence-electron chi connectivity index (χ3n) is 3.07. The number of rotatable bonds is 3. The number of hydrogen-bond donors (Lipinski definition) is 0. The minimum atomic E-state index is -0.943. The van der Waals surface area contributed by atoms with Gasteiger partial charge in [0.2, 0.25) is 0 Å². The van der Waals surface area contributed by atoms with Crippen LogP contribution in [0.2, 0.25) is 0 Å². The van der Waals surface area contributed by atoms with Gasteiger partial charge in [-0.15, -0.1) is 0 Å². The van der Waals surface area contributed by atoms with Crippen molar-refractivity contribution < 1.29 is 14.3 Å². The molecular weight excluding hydrogens is 254 g/mol. The quantitative estimate of drug-likeness (QED) is 0.796. The second-order valence-corrected chi connectivity index (χ2v) is 5.99. The molecule has 4 nitrogen and oxygen atoms in total. The molecule has 4 heteroatoms. The van der Waals surface area contributed by atoms with Crippen molar-refractivity contribution in [3.8, 4) is 0 Å². The van der Waals surface area contributed by atoms with Gasteiger partial charge in [0.25, 0.3) is 5.79 Å². The molecule has 0 spiro atoms. The fraction of sp³-hybridized carbons (Fsp3) is 0.500. The number of aliphatic imine (C=N–C) groups is 1. The van der Waals surface area contributed by atoms with Gasteiger partial charge in [-0.25, -0.2) is 4.99 Å². The van der Waals surface area contributed by atoms with Crippen molar-refractivity contribution in [1.82, 2.24) is 0 Å². The van der Waals surface area contributed by atoms with Crippen molar-refractivity contribution in [1.29, 1.82) is 0 Å². The molecule has 2 rings (SSSR count). The maximum absolute atomic E-state index is 11.3. The van der Waals surface area contributed by atoms with E-state index in [1.54, 1.807) is 6.92 Å². The van der Waals surface area contributed by atoms with Crippen molar-refractivity contribution in [3.63, 3.8) is 0 Å². The van der Waals surface area contributed by atoms with Gasteiger partial charge in [-0.2, -0.15) is 0 Å². The van der Waals surface area contributed by atoms with Crippen LogP contribution in [-0.4, -0.2) is 23.2 Å². The predicted octanol–water partition coefficient (Wildman–Crippen LogP) is 3.11. The first kappa shape index (κ1) is 14.6. The molecule has 0 bridgehead atoms. The van der Waals surface area contributed by atoms with Gasteiger partial charge >= 0.3 is 5.97 Å². The van der Waals surface area contributed by atoms with Gasteiger partial charge in [0.05, 0.1) is 5.54 Å². The molecule has 1 aromatic rings. The summed E-state index contributed by atoms with van der Waals surface area (Å²) in [5, 5.41) is 0. The summed E-state index contributed by atoms with van der Waals surface area (Å²) in [6.45, 7) is 7.21. The molecule has 0 fully saturated rings. The highest BCUT2D eigenvalue weighted by Crippen LogP contribution is 2.33. The Bertz CT molecular complexity index is 522. The van der Waals surface area contributed by atoms with Gasteiger partial charge in [-0.3, -0.25) is 4.79 Å². The summed E-state index contributed by atoms with van der Waals surface area (Å²) in [7, 11) is 0. The number of benzene rings is 1. The summed E-state index contributed by atoms with van der Waals surface area (Å²) in [6, 6.07) is 9.98. The largest absolute Gasteiger partial charge is 0.439 e. The summed E-state index contributed by atoms with van der Waals surface area (Å²) in [6.07, 6.45) is 1.14. The van der Waals surface area contributed by atoms with E-state index in [1.165, 1.54) is 6.92 Å². The van der Waals surface area contributed by atoms with Gasteiger partial charge in [0.15, 0.2) is 5.90 Å². The Kier molecular flexibility index (Phi) is 3.84. The smallest absolute Gasteiger partial charge is 0.305 e. The molecule has 0 aliphatic carbocycles. The van der Waals surface area contributed by atoms with Crippen LogP contribution < -0.4 is 0 Å². The molecule has 0 saturated heterocycles. The minimum absolute atomic E-state index is 0.313. The van der Waals surface area contributed by atoms with Gasteiger partial charge in [0, 0.05) is 26.7 Å². The van der Waals surface area contributed by atoms with Crippen LogP contribution in [0.3, 0.4) is 0 Å². The Morgan fingerprint density at radius 1 is 1.30 bits per heavy atom. The van der Waals surface area contributed by atoms with E-state index in [4.69, 9.17) is 9.47 Å². The van der Waals surface area contributed by atoms with E-state index in [1.807, 2.05) is 44.2 Å². The average molecular weight is 275 g/mol. The molecule has 0 amide bonds. The highest BCUT2D eigenvalue weighted by molar-refractivity contribution is 5.80. The van der Waals surface area contributed by atoms with Crippen molar-refractivity contribution in [2.45, 2.75) is 51.9 Å². The fourth-order valence-electron chi connectivity index (χ4n) is 2.68. The normalized spacial score (nSPS) is 24.5. The fourth-order valence-corrected chi connectivity index (χ4v) is 2.68. The number of hydrogen-bond acceptors (Lipinski definition) is 4. The summed E-state index contributed by atoms with van der Waals surface area (Å²) in [5.74, 6) is -0.679. The first-order chi connectivity index (χ1) is 9.28.